The van der Waals surface area contributed by atoms with E-state index in [2.05, 4.69) is 23.5 Å². The summed E-state index contributed by atoms with van der Waals surface area (Å²) in [6, 6.07) is 13.4. The molecule has 126 valence electrons. The monoisotopic (exact) mass is 323 g/mol. The minimum atomic E-state index is -0.0464. The first-order valence-electron chi connectivity index (χ1n) is 8.82. The molecule has 0 bridgehead atoms. The molecule has 3 heteroatoms. The number of hydrogen-bond acceptors (Lipinski definition) is 2. The SMILES string of the molecule is CC(CCc1ccc2c(c1)CCCC2)C(=O)Nc1ccc(O)cc1. The molecule has 1 atom stereocenters. The Morgan fingerprint density at radius 3 is 2.54 bits per heavy atom. The zero-order chi connectivity index (χ0) is 16.9. The topological polar surface area (TPSA) is 49.3 Å². The number of benzene rings is 2. The van der Waals surface area contributed by atoms with Crippen LogP contribution < -0.4 is 5.32 Å². The van der Waals surface area contributed by atoms with Crippen LogP contribution in [0.5, 0.6) is 5.75 Å². The molecular formula is C21H25NO2. The lowest BCUT2D eigenvalue weighted by Gasteiger charge is -2.17. The fourth-order valence-corrected chi connectivity index (χ4v) is 3.27. The molecule has 2 aromatic carbocycles. The van der Waals surface area contributed by atoms with Crippen LogP contribution in [0.25, 0.3) is 0 Å². The third kappa shape index (κ3) is 4.16. The van der Waals surface area contributed by atoms with Gasteiger partial charge in [0.05, 0.1) is 0 Å². The van der Waals surface area contributed by atoms with E-state index in [1.165, 1.54) is 42.4 Å². The second kappa shape index (κ2) is 7.52. The highest BCUT2D eigenvalue weighted by atomic mass is 16.3. The first-order valence-corrected chi connectivity index (χ1v) is 8.82. The number of carbonyl (C=O) groups is 1. The second-order valence-electron chi connectivity index (χ2n) is 6.79. The molecule has 0 heterocycles. The normalized spacial score (nSPS) is 14.7. The van der Waals surface area contributed by atoms with E-state index in [1.807, 2.05) is 6.92 Å². The predicted octanol–water partition coefficient (Wildman–Crippen LogP) is 4.48. The lowest BCUT2D eigenvalue weighted by atomic mass is 9.89. The highest BCUT2D eigenvalue weighted by molar-refractivity contribution is 5.92. The van der Waals surface area contributed by atoms with Crippen LogP contribution in [0.3, 0.4) is 0 Å². The molecule has 1 unspecified atom stereocenters. The van der Waals surface area contributed by atoms with E-state index in [0.717, 1.165) is 18.5 Å². The van der Waals surface area contributed by atoms with E-state index < -0.39 is 0 Å². The van der Waals surface area contributed by atoms with E-state index in [9.17, 15) is 9.90 Å². The highest BCUT2D eigenvalue weighted by Gasteiger charge is 2.14. The number of carbonyl (C=O) groups excluding carboxylic acids is 1. The number of amides is 1. The fraction of sp³-hybridized carbons (Fsp3) is 0.381. The first kappa shape index (κ1) is 16.6. The van der Waals surface area contributed by atoms with E-state index in [1.54, 1.807) is 24.3 Å². The lowest BCUT2D eigenvalue weighted by molar-refractivity contribution is -0.119. The molecule has 0 aliphatic heterocycles. The number of phenolic OH excluding ortho intramolecular Hbond substituents is 1. The molecule has 3 nitrogen and oxygen atoms in total. The number of fused-ring (bicyclic) bond motifs is 1. The molecular weight excluding hydrogens is 298 g/mol. The van der Waals surface area contributed by atoms with Gasteiger partial charge < -0.3 is 10.4 Å². The molecule has 2 N–H and O–H groups in total. The van der Waals surface area contributed by atoms with Gasteiger partial charge in [-0.05, 0) is 79.5 Å². The molecule has 3 rings (SSSR count). The summed E-state index contributed by atoms with van der Waals surface area (Å²) in [5, 5.41) is 12.2. The number of aromatic hydroxyl groups is 1. The largest absolute Gasteiger partial charge is 0.508 e. The molecule has 0 fully saturated rings. The average molecular weight is 323 g/mol. The van der Waals surface area contributed by atoms with Crippen molar-refractivity contribution in [3.8, 4) is 5.75 Å². The Bertz CT molecular complexity index is 706. The molecule has 0 saturated carbocycles. The summed E-state index contributed by atoms with van der Waals surface area (Å²) in [6.45, 7) is 1.97. The zero-order valence-electron chi connectivity index (χ0n) is 14.2. The van der Waals surface area contributed by atoms with Crippen molar-refractivity contribution in [1.29, 1.82) is 0 Å². The number of nitrogens with one attached hydrogen (secondary N) is 1. The van der Waals surface area contributed by atoms with Crippen molar-refractivity contribution in [2.45, 2.75) is 45.4 Å². The maximum Gasteiger partial charge on any atom is 0.227 e. The molecule has 0 aromatic heterocycles. The van der Waals surface area contributed by atoms with E-state index in [4.69, 9.17) is 0 Å². The van der Waals surface area contributed by atoms with Crippen LogP contribution in [0.1, 0.15) is 42.9 Å². The van der Waals surface area contributed by atoms with Crippen molar-refractivity contribution in [3.63, 3.8) is 0 Å². The van der Waals surface area contributed by atoms with Gasteiger partial charge in [-0.2, -0.15) is 0 Å². The first-order chi connectivity index (χ1) is 11.6. The van der Waals surface area contributed by atoms with Crippen LogP contribution in [-0.2, 0) is 24.1 Å². The van der Waals surface area contributed by atoms with Crippen molar-refractivity contribution in [2.75, 3.05) is 5.32 Å². The second-order valence-corrected chi connectivity index (χ2v) is 6.79. The van der Waals surface area contributed by atoms with Crippen LogP contribution in [0.15, 0.2) is 42.5 Å². The Labute approximate surface area is 143 Å². The summed E-state index contributed by atoms with van der Waals surface area (Å²) in [6.07, 6.45) is 6.77. The molecule has 1 aliphatic carbocycles. The molecule has 0 saturated heterocycles. The van der Waals surface area contributed by atoms with Gasteiger partial charge in [-0.25, -0.2) is 0 Å². The van der Waals surface area contributed by atoms with Gasteiger partial charge in [-0.15, -0.1) is 0 Å². The van der Waals surface area contributed by atoms with Gasteiger partial charge >= 0.3 is 0 Å². The van der Waals surface area contributed by atoms with E-state index in [0.29, 0.717) is 0 Å². The number of phenols is 1. The van der Waals surface area contributed by atoms with Gasteiger partial charge in [0.25, 0.3) is 0 Å². The molecule has 24 heavy (non-hydrogen) atoms. The summed E-state index contributed by atoms with van der Waals surface area (Å²) < 4.78 is 0. The lowest BCUT2D eigenvalue weighted by Crippen LogP contribution is -2.20. The van der Waals surface area contributed by atoms with Gasteiger partial charge in [0.2, 0.25) is 5.91 Å². The summed E-state index contributed by atoms with van der Waals surface area (Å²) in [5.74, 6) is 0.182. The van der Waals surface area contributed by atoms with Gasteiger partial charge in [0.15, 0.2) is 0 Å². The molecule has 0 radical (unpaired) electrons. The van der Waals surface area contributed by atoms with E-state index >= 15 is 0 Å². The van der Waals surface area contributed by atoms with Crippen LogP contribution >= 0.6 is 0 Å². The Kier molecular flexibility index (Phi) is 5.19. The molecule has 2 aromatic rings. The maximum atomic E-state index is 12.3. The van der Waals surface area contributed by atoms with Gasteiger partial charge in [-0.1, -0.05) is 25.1 Å². The van der Waals surface area contributed by atoms with Crippen molar-refractivity contribution in [3.05, 3.63) is 59.2 Å². The molecule has 1 amide bonds. The Morgan fingerprint density at radius 1 is 1.08 bits per heavy atom. The minimum Gasteiger partial charge on any atom is -0.508 e. The number of hydrogen-bond donors (Lipinski definition) is 2. The summed E-state index contributed by atoms with van der Waals surface area (Å²) in [4.78, 5) is 12.3. The third-order valence-corrected chi connectivity index (χ3v) is 4.86. The summed E-state index contributed by atoms with van der Waals surface area (Å²) in [7, 11) is 0. The predicted molar refractivity (Wildman–Crippen MR) is 97.3 cm³/mol. The van der Waals surface area contributed by atoms with Crippen molar-refractivity contribution in [1.82, 2.24) is 0 Å². The van der Waals surface area contributed by atoms with Crippen molar-refractivity contribution in [2.24, 2.45) is 5.92 Å². The maximum absolute atomic E-state index is 12.3. The van der Waals surface area contributed by atoms with Crippen LogP contribution in [-0.4, -0.2) is 11.0 Å². The molecule has 0 spiro atoms. The number of rotatable bonds is 5. The van der Waals surface area contributed by atoms with E-state index in [-0.39, 0.29) is 17.6 Å². The smallest absolute Gasteiger partial charge is 0.227 e. The number of aryl methyl sites for hydroxylation is 3. The Balaban J connectivity index is 1.53. The van der Waals surface area contributed by atoms with Gasteiger partial charge in [0.1, 0.15) is 5.75 Å². The van der Waals surface area contributed by atoms with Gasteiger partial charge in [0, 0.05) is 11.6 Å². The Morgan fingerprint density at radius 2 is 1.79 bits per heavy atom. The zero-order valence-corrected chi connectivity index (χ0v) is 14.2. The highest BCUT2D eigenvalue weighted by Crippen LogP contribution is 2.23. The van der Waals surface area contributed by atoms with Crippen LogP contribution in [0, 0.1) is 5.92 Å². The average Bonchev–Trinajstić information content (AvgIpc) is 2.61. The fourth-order valence-electron chi connectivity index (χ4n) is 3.27. The van der Waals surface area contributed by atoms with Gasteiger partial charge in [-0.3, -0.25) is 4.79 Å². The van der Waals surface area contributed by atoms with Crippen molar-refractivity contribution >= 4 is 11.6 Å². The van der Waals surface area contributed by atoms with Crippen molar-refractivity contribution < 1.29 is 9.90 Å². The number of anilines is 1. The third-order valence-electron chi connectivity index (χ3n) is 4.86. The minimum absolute atomic E-state index is 0.0265. The summed E-state index contributed by atoms with van der Waals surface area (Å²) >= 11 is 0. The molecule has 1 aliphatic rings. The standard InChI is InChI=1S/C21H25NO2/c1-15(21(24)22-19-10-12-20(23)13-11-19)6-7-16-8-9-17-4-2-3-5-18(17)14-16/h8-15,23H,2-7H2,1H3,(H,22,24). The quantitative estimate of drug-likeness (QED) is 0.797. The van der Waals surface area contributed by atoms with Crippen LogP contribution in [0.2, 0.25) is 0 Å². The summed E-state index contributed by atoms with van der Waals surface area (Å²) in [5.41, 5.74) is 5.06. The Hall–Kier alpha value is -2.29. The van der Waals surface area contributed by atoms with Crippen LogP contribution in [0.4, 0.5) is 5.69 Å².